The quantitative estimate of drug-likeness (QED) is 0.842. The molecule has 0 bridgehead atoms. The van der Waals surface area contributed by atoms with E-state index in [9.17, 15) is 4.79 Å². The number of carbonyl (C=O) groups is 1. The summed E-state index contributed by atoms with van der Waals surface area (Å²) in [5.74, 6) is 0.570. The van der Waals surface area contributed by atoms with Crippen LogP contribution in [0, 0.1) is 12.8 Å². The standard InChI is InChI=1S/C12H18N2OS/c1-8-3-6-10(16-8)11(15)14-12(2,7-13)9-4-5-9/h3,6,9H,4-5,7,13H2,1-2H3,(H,14,15). The molecule has 3 N–H and O–H groups in total. The van der Waals surface area contributed by atoms with Crippen LogP contribution in [0.15, 0.2) is 12.1 Å². The second-order valence-electron chi connectivity index (χ2n) is 4.76. The minimum Gasteiger partial charge on any atom is -0.345 e. The fraction of sp³-hybridized carbons (Fsp3) is 0.583. The number of hydrogen-bond donors (Lipinski definition) is 2. The molecule has 1 aliphatic carbocycles. The van der Waals surface area contributed by atoms with Gasteiger partial charge in [-0.15, -0.1) is 11.3 Å². The summed E-state index contributed by atoms with van der Waals surface area (Å²) in [7, 11) is 0. The van der Waals surface area contributed by atoms with Crippen LogP contribution in [-0.2, 0) is 0 Å². The minimum atomic E-state index is -0.227. The summed E-state index contributed by atoms with van der Waals surface area (Å²) in [6.07, 6.45) is 2.36. The Labute approximate surface area is 100 Å². The van der Waals surface area contributed by atoms with Crippen molar-refractivity contribution in [3.63, 3.8) is 0 Å². The molecule has 0 aromatic carbocycles. The Hall–Kier alpha value is -0.870. The fourth-order valence-corrected chi connectivity index (χ4v) is 2.68. The van der Waals surface area contributed by atoms with Crippen LogP contribution in [0.25, 0.3) is 0 Å². The molecule has 1 fully saturated rings. The van der Waals surface area contributed by atoms with Crippen molar-refractivity contribution in [2.24, 2.45) is 11.7 Å². The van der Waals surface area contributed by atoms with Gasteiger partial charge < -0.3 is 11.1 Å². The van der Waals surface area contributed by atoms with Gasteiger partial charge in [0.15, 0.2) is 0 Å². The Balaban J connectivity index is 2.06. The molecule has 3 nitrogen and oxygen atoms in total. The van der Waals surface area contributed by atoms with Crippen LogP contribution in [0.2, 0.25) is 0 Å². The Kier molecular flexibility index (Phi) is 3.04. The lowest BCUT2D eigenvalue weighted by molar-refractivity contribution is 0.0902. The van der Waals surface area contributed by atoms with Crippen LogP contribution in [0.3, 0.4) is 0 Å². The van der Waals surface area contributed by atoms with Crippen molar-refractivity contribution >= 4 is 17.2 Å². The predicted molar refractivity (Wildman–Crippen MR) is 66.7 cm³/mol. The number of aryl methyl sites for hydroxylation is 1. The Morgan fingerprint density at radius 1 is 1.62 bits per heavy atom. The van der Waals surface area contributed by atoms with Gasteiger partial charge in [-0.3, -0.25) is 4.79 Å². The van der Waals surface area contributed by atoms with E-state index in [1.54, 1.807) is 0 Å². The minimum absolute atomic E-state index is 0.0120. The number of nitrogens with one attached hydrogen (secondary N) is 1. The number of carbonyl (C=O) groups excluding carboxylic acids is 1. The molecule has 88 valence electrons. The zero-order chi connectivity index (χ0) is 11.8. The highest BCUT2D eigenvalue weighted by Gasteiger charge is 2.41. The van der Waals surface area contributed by atoms with Gasteiger partial charge in [0.25, 0.3) is 5.91 Å². The van der Waals surface area contributed by atoms with Crippen LogP contribution in [-0.4, -0.2) is 18.0 Å². The highest BCUT2D eigenvalue weighted by Crippen LogP contribution is 2.39. The smallest absolute Gasteiger partial charge is 0.261 e. The van der Waals surface area contributed by atoms with E-state index < -0.39 is 0 Å². The zero-order valence-corrected chi connectivity index (χ0v) is 10.6. The summed E-state index contributed by atoms with van der Waals surface area (Å²) in [6.45, 7) is 4.56. The summed E-state index contributed by atoms with van der Waals surface area (Å²) in [6, 6.07) is 3.84. The lowest BCUT2D eigenvalue weighted by atomic mass is 9.96. The number of rotatable bonds is 4. The number of thiophene rings is 1. The van der Waals surface area contributed by atoms with Crippen LogP contribution >= 0.6 is 11.3 Å². The van der Waals surface area contributed by atoms with Gasteiger partial charge in [-0.1, -0.05) is 0 Å². The van der Waals surface area contributed by atoms with Crippen molar-refractivity contribution in [1.29, 1.82) is 0 Å². The van der Waals surface area contributed by atoms with E-state index in [1.165, 1.54) is 24.2 Å². The van der Waals surface area contributed by atoms with E-state index in [4.69, 9.17) is 5.73 Å². The number of hydrogen-bond acceptors (Lipinski definition) is 3. The summed E-state index contributed by atoms with van der Waals surface area (Å²) < 4.78 is 0. The lowest BCUT2D eigenvalue weighted by Gasteiger charge is -2.29. The predicted octanol–water partition coefficient (Wildman–Crippen LogP) is 1.91. The molecule has 1 aromatic heterocycles. The van der Waals surface area contributed by atoms with E-state index in [-0.39, 0.29) is 11.4 Å². The molecule has 0 saturated heterocycles. The Bertz CT molecular complexity index is 397. The monoisotopic (exact) mass is 238 g/mol. The Morgan fingerprint density at radius 3 is 2.75 bits per heavy atom. The molecule has 1 atom stereocenters. The summed E-state index contributed by atoms with van der Waals surface area (Å²) in [4.78, 5) is 13.9. The molecule has 1 saturated carbocycles. The van der Waals surface area contributed by atoms with Crippen molar-refractivity contribution < 1.29 is 4.79 Å². The van der Waals surface area contributed by atoms with Crippen LogP contribution in [0.4, 0.5) is 0 Å². The molecule has 0 spiro atoms. The first-order valence-corrected chi connectivity index (χ1v) is 6.46. The lowest BCUT2D eigenvalue weighted by Crippen LogP contribution is -2.53. The third kappa shape index (κ3) is 2.28. The van der Waals surface area contributed by atoms with E-state index in [1.807, 2.05) is 26.0 Å². The van der Waals surface area contributed by atoms with Gasteiger partial charge in [0.05, 0.1) is 10.4 Å². The molecular formula is C12H18N2OS. The van der Waals surface area contributed by atoms with E-state index in [0.29, 0.717) is 12.5 Å². The first-order valence-electron chi connectivity index (χ1n) is 5.64. The fourth-order valence-electron chi connectivity index (χ4n) is 1.92. The average Bonchev–Trinajstić information content (AvgIpc) is 3.02. The highest BCUT2D eigenvalue weighted by atomic mass is 32.1. The molecule has 1 heterocycles. The third-order valence-electron chi connectivity index (χ3n) is 3.27. The first kappa shape index (κ1) is 11.6. The first-order chi connectivity index (χ1) is 7.55. The van der Waals surface area contributed by atoms with Crippen LogP contribution in [0.5, 0.6) is 0 Å². The molecule has 1 aliphatic rings. The van der Waals surface area contributed by atoms with E-state index in [0.717, 1.165) is 9.75 Å². The van der Waals surface area contributed by atoms with Crippen molar-refractivity contribution in [1.82, 2.24) is 5.32 Å². The van der Waals surface area contributed by atoms with Gasteiger partial charge in [-0.05, 0) is 44.7 Å². The molecular weight excluding hydrogens is 220 g/mol. The van der Waals surface area contributed by atoms with Gasteiger partial charge in [-0.25, -0.2) is 0 Å². The summed E-state index contributed by atoms with van der Waals surface area (Å²) in [5, 5.41) is 3.08. The molecule has 1 amide bonds. The normalized spacial score (nSPS) is 19.2. The topological polar surface area (TPSA) is 55.1 Å². The van der Waals surface area contributed by atoms with E-state index >= 15 is 0 Å². The van der Waals surface area contributed by atoms with Gasteiger partial charge in [0.2, 0.25) is 0 Å². The maximum atomic E-state index is 12.0. The third-order valence-corrected chi connectivity index (χ3v) is 4.27. The molecule has 16 heavy (non-hydrogen) atoms. The maximum Gasteiger partial charge on any atom is 0.261 e. The second kappa shape index (κ2) is 4.18. The summed E-state index contributed by atoms with van der Waals surface area (Å²) >= 11 is 1.53. The molecule has 1 unspecified atom stereocenters. The van der Waals surface area contributed by atoms with E-state index in [2.05, 4.69) is 5.32 Å². The number of nitrogens with two attached hydrogens (primary N) is 1. The van der Waals surface area contributed by atoms with Crippen LogP contribution in [0.1, 0.15) is 34.3 Å². The van der Waals surface area contributed by atoms with Crippen molar-refractivity contribution in [2.75, 3.05) is 6.54 Å². The Morgan fingerprint density at radius 2 is 2.31 bits per heavy atom. The van der Waals surface area contributed by atoms with Crippen molar-refractivity contribution in [3.05, 3.63) is 21.9 Å². The second-order valence-corrected chi connectivity index (χ2v) is 6.05. The zero-order valence-electron chi connectivity index (χ0n) is 9.75. The number of amides is 1. The van der Waals surface area contributed by atoms with Gasteiger partial charge in [-0.2, -0.15) is 0 Å². The van der Waals surface area contributed by atoms with Gasteiger partial charge in [0, 0.05) is 11.4 Å². The van der Waals surface area contributed by atoms with Crippen LogP contribution < -0.4 is 11.1 Å². The molecule has 1 aromatic rings. The van der Waals surface area contributed by atoms with Crippen molar-refractivity contribution in [3.8, 4) is 0 Å². The molecule has 0 radical (unpaired) electrons. The maximum absolute atomic E-state index is 12.0. The van der Waals surface area contributed by atoms with Gasteiger partial charge in [0.1, 0.15) is 0 Å². The molecule has 4 heteroatoms. The molecule has 0 aliphatic heterocycles. The average molecular weight is 238 g/mol. The summed E-state index contributed by atoms with van der Waals surface area (Å²) in [5.41, 5.74) is 5.54. The molecule has 2 rings (SSSR count). The SMILES string of the molecule is Cc1ccc(C(=O)NC(C)(CN)C2CC2)s1. The van der Waals surface area contributed by atoms with Crippen molar-refractivity contribution in [2.45, 2.75) is 32.2 Å². The highest BCUT2D eigenvalue weighted by molar-refractivity contribution is 7.13. The van der Waals surface area contributed by atoms with Gasteiger partial charge >= 0.3 is 0 Å². The largest absolute Gasteiger partial charge is 0.345 e.